The molecule has 1 spiro atoms. The number of rotatable bonds is 3. The SMILES string of the molecule is COCCN1CCCC2(CNC2)C1. The molecule has 2 rings (SSSR count). The van der Waals surface area contributed by atoms with Crippen molar-refractivity contribution in [1.82, 2.24) is 10.2 Å². The van der Waals surface area contributed by atoms with Crippen molar-refractivity contribution in [2.24, 2.45) is 5.41 Å². The van der Waals surface area contributed by atoms with Crippen LogP contribution in [0.3, 0.4) is 0 Å². The molecule has 0 atom stereocenters. The maximum atomic E-state index is 5.11. The molecule has 0 aliphatic carbocycles. The van der Waals surface area contributed by atoms with Gasteiger partial charge in [0, 0.05) is 38.7 Å². The van der Waals surface area contributed by atoms with Crippen LogP contribution in [0.1, 0.15) is 12.8 Å². The summed E-state index contributed by atoms with van der Waals surface area (Å²) >= 11 is 0. The van der Waals surface area contributed by atoms with Crippen LogP contribution in [0.25, 0.3) is 0 Å². The smallest absolute Gasteiger partial charge is 0.0589 e. The average Bonchev–Trinajstić information content (AvgIpc) is 2.13. The van der Waals surface area contributed by atoms with E-state index in [2.05, 4.69) is 10.2 Å². The fraction of sp³-hybridized carbons (Fsp3) is 1.00. The molecule has 0 amide bonds. The highest BCUT2D eigenvalue weighted by atomic mass is 16.5. The van der Waals surface area contributed by atoms with Crippen molar-refractivity contribution >= 4 is 0 Å². The molecule has 2 aliphatic rings. The largest absolute Gasteiger partial charge is 0.383 e. The highest BCUT2D eigenvalue weighted by Gasteiger charge is 2.40. The standard InChI is InChI=1S/C10H20N2O/c1-13-6-5-12-4-2-3-10(9-12)7-11-8-10/h11H,2-9H2,1H3. The van der Waals surface area contributed by atoms with Crippen LogP contribution in [0.2, 0.25) is 0 Å². The second kappa shape index (κ2) is 3.95. The molecule has 2 aliphatic heterocycles. The second-order valence-electron chi connectivity index (χ2n) is 4.48. The molecular formula is C10H20N2O. The number of nitrogens with zero attached hydrogens (tertiary/aromatic N) is 1. The summed E-state index contributed by atoms with van der Waals surface area (Å²) < 4.78 is 5.11. The Morgan fingerprint density at radius 2 is 2.31 bits per heavy atom. The zero-order chi connectivity index (χ0) is 9.15. The summed E-state index contributed by atoms with van der Waals surface area (Å²) in [5, 5.41) is 3.39. The van der Waals surface area contributed by atoms with E-state index in [1.807, 2.05) is 0 Å². The van der Waals surface area contributed by atoms with E-state index < -0.39 is 0 Å². The molecule has 0 aromatic carbocycles. The zero-order valence-corrected chi connectivity index (χ0v) is 8.51. The van der Waals surface area contributed by atoms with Crippen LogP contribution >= 0.6 is 0 Å². The van der Waals surface area contributed by atoms with Crippen LogP contribution in [-0.2, 0) is 4.74 Å². The van der Waals surface area contributed by atoms with E-state index in [9.17, 15) is 0 Å². The second-order valence-corrected chi connectivity index (χ2v) is 4.48. The van der Waals surface area contributed by atoms with Gasteiger partial charge in [0.05, 0.1) is 6.61 Å². The Hall–Kier alpha value is -0.120. The molecule has 0 bridgehead atoms. The van der Waals surface area contributed by atoms with Gasteiger partial charge in [0.1, 0.15) is 0 Å². The van der Waals surface area contributed by atoms with Crippen molar-refractivity contribution in [3.63, 3.8) is 0 Å². The van der Waals surface area contributed by atoms with Crippen molar-refractivity contribution in [2.75, 3.05) is 46.4 Å². The lowest BCUT2D eigenvalue weighted by molar-refractivity contribution is 0.0285. The van der Waals surface area contributed by atoms with E-state index >= 15 is 0 Å². The van der Waals surface area contributed by atoms with Crippen LogP contribution in [0.4, 0.5) is 0 Å². The molecule has 3 nitrogen and oxygen atoms in total. The quantitative estimate of drug-likeness (QED) is 0.683. The molecular weight excluding hydrogens is 164 g/mol. The Kier molecular flexibility index (Phi) is 2.86. The van der Waals surface area contributed by atoms with Gasteiger partial charge in [0.25, 0.3) is 0 Å². The third kappa shape index (κ3) is 2.03. The first-order valence-electron chi connectivity index (χ1n) is 5.27. The topological polar surface area (TPSA) is 24.5 Å². The van der Waals surface area contributed by atoms with Crippen LogP contribution in [0, 0.1) is 5.41 Å². The summed E-state index contributed by atoms with van der Waals surface area (Å²) in [5.41, 5.74) is 0.631. The van der Waals surface area contributed by atoms with Gasteiger partial charge in [-0.25, -0.2) is 0 Å². The summed E-state index contributed by atoms with van der Waals surface area (Å²) in [5.74, 6) is 0. The Labute approximate surface area is 80.4 Å². The van der Waals surface area contributed by atoms with Gasteiger partial charge in [0.15, 0.2) is 0 Å². The third-order valence-corrected chi connectivity index (χ3v) is 3.35. The van der Waals surface area contributed by atoms with E-state index in [4.69, 9.17) is 4.74 Å². The van der Waals surface area contributed by atoms with Crippen molar-refractivity contribution in [1.29, 1.82) is 0 Å². The number of methoxy groups -OCH3 is 1. The summed E-state index contributed by atoms with van der Waals surface area (Å²) in [6.45, 7) is 7.00. The molecule has 0 unspecified atom stereocenters. The lowest BCUT2D eigenvalue weighted by Crippen LogP contribution is -2.61. The molecule has 0 radical (unpaired) electrons. The van der Waals surface area contributed by atoms with Crippen molar-refractivity contribution in [2.45, 2.75) is 12.8 Å². The normalized spacial score (nSPS) is 27.5. The molecule has 2 saturated heterocycles. The van der Waals surface area contributed by atoms with E-state index in [1.54, 1.807) is 7.11 Å². The molecule has 0 aromatic rings. The number of hydrogen-bond donors (Lipinski definition) is 1. The first-order chi connectivity index (χ1) is 6.35. The highest BCUT2D eigenvalue weighted by molar-refractivity contribution is 4.96. The monoisotopic (exact) mass is 184 g/mol. The third-order valence-electron chi connectivity index (χ3n) is 3.35. The van der Waals surface area contributed by atoms with Crippen molar-refractivity contribution in [3.05, 3.63) is 0 Å². The Bertz CT molecular complexity index is 168. The molecule has 0 aromatic heterocycles. The minimum Gasteiger partial charge on any atom is -0.383 e. The van der Waals surface area contributed by atoms with Crippen LogP contribution < -0.4 is 5.32 Å². The van der Waals surface area contributed by atoms with Gasteiger partial charge in [-0.3, -0.25) is 0 Å². The van der Waals surface area contributed by atoms with Crippen LogP contribution in [0.15, 0.2) is 0 Å². The molecule has 2 fully saturated rings. The van der Waals surface area contributed by atoms with Gasteiger partial charge in [-0.05, 0) is 19.4 Å². The van der Waals surface area contributed by atoms with Gasteiger partial charge in [-0.1, -0.05) is 0 Å². The number of hydrogen-bond acceptors (Lipinski definition) is 3. The summed E-state index contributed by atoms with van der Waals surface area (Å²) in [4.78, 5) is 2.55. The van der Waals surface area contributed by atoms with Crippen molar-refractivity contribution in [3.8, 4) is 0 Å². The van der Waals surface area contributed by atoms with Gasteiger partial charge < -0.3 is 15.0 Å². The van der Waals surface area contributed by atoms with Gasteiger partial charge in [-0.15, -0.1) is 0 Å². The Morgan fingerprint density at radius 1 is 1.46 bits per heavy atom. The fourth-order valence-electron chi connectivity index (χ4n) is 2.49. The fourth-order valence-corrected chi connectivity index (χ4v) is 2.49. The van der Waals surface area contributed by atoms with E-state index in [0.29, 0.717) is 5.41 Å². The van der Waals surface area contributed by atoms with Crippen LogP contribution in [0.5, 0.6) is 0 Å². The maximum Gasteiger partial charge on any atom is 0.0589 e. The Balaban J connectivity index is 1.78. The summed E-state index contributed by atoms with van der Waals surface area (Å²) in [6.07, 6.45) is 2.79. The molecule has 2 heterocycles. The van der Waals surface area contributed by atoms with E-state index in [1.165, 1.54) is 39.0 Å². The number of likely N-dealkylation sites (tertiary alicyclic amines) is 1. The predicted octanol–water partition coefficient (Wildman–Crippen LogP) is 0.318. The van der Waals surface area contributed by atoms with Gasteiger partial charge in [0.2, 0.25) is 0 Å². The molecule has 3 heteroatoms. The lowest BCUT2D eigenvalue weighted by atomic mass is 9.75. The molecule has 0 saturated carbocycles. The summed E-state index contributed by atoms with van der Waals surface area (Å²) in [7, 11) is 1.78. The number of nitrogens with one attached hydrogen (secondary N) is 1. The van der Waals surface area contributed by atoms with E-state index in [-0.39, 0.29) is 0 Å². The van der Waals surface area contributed by atoms with Crippen molar-refractivity contribution < 1.29 is 4.74 Å². The van der Waals surface area contributed by atoms with Gasteiger partial charge >= 0.3 is 0 Å². The predicted molar refractivity (Wildman–Crippen MR) is 52.9 cm³/mol. The summed E-state index contributed by atoms with van der Waals surface area (Å²) in [6, 6.07) is 0. The maximum absolute atomic E-state index is 5.11. The first kappa shape index (κ1) is 9.44. The first-order valence-corrected chi connectivity index (χ1v) is 5.27. The molecule has 1 N–H and O–H groups in total. The number of ether oxygens (including phenoxy) is 1. The average molecular weight is 184 g/mol. The zero-order valence-electron chi connectivity index (χ0n) is 8.51. The number of piperidine rings is 1. The van der Waals surface area contributed by atoms with Crippen LogP contribution in [-0.4, -0.2) is 51.3 Å². The lowest BCUT2D eigenvalue weighted by Gasteiger charge is -2.49. The Morgan fingerprint density at radius 3 is 2.92 bits per heavy atom. The molecule has 76 valence electrons. The molecule has 13 heavy (non-hydrogen) atoms. The minimum absolute atomic E-state index is 0.631. The van der Waals surface area contributed by atoms with Gasteiger partial charge in [-0.2, -0.15) is 0 Å². The minimum atomic E-state index is 0.631. The highest BCUT2D eigenvalue weighted by Crippen LogP contribution is 2.33. The van der Waals surface area contributed by atoms with E-state index in [0.717, 1.165) is 13.2 Å².